The van der Waals surface area contributed by atoms with Gasteiger partial charge in [-0.05, 0) is 31.6 Å². The average Bonchev–Trinajstić information content (AvgIpc) is 2.23. The average molecular weight is 225 g/mol. The highest BCUT2D eigenvalue weighted by Gasteiger charge is 2.31. The van der Waals surface area contributed by atoms with Gasteiger partial charge in [-0.1, -0.05) is 52.4 Å². The van der Waals surface area contributed by atoms with Crippen LogP contribution in [0.15, 0.2) is 0 Å². The van der Waals surface area contributed by atoms with E-state index in [0.717, 1.165) is 6.04 Å². The highest BCUT2D eigenvalue weighted by molar-refractivity contribution is 4.85. The van der Waals surface area contributed by atoms with Gasteiger partial charge in [0.15, 0.2) is 0 Å². The maximum absolute atomic E-state index is 3.72. The Morgan fingerprint density at radius 1 is 1.12 bits per heavy atom. The first-order chi connectivity index (χ1) is 7.66. The third-order valence-corrected chi connectivity index (χ3v) is 4.18. The van der Waals surface area contributed by atoms with E-state index in [2.05, 4.69) is 26.1 Å². The summed E-state index contributed by atoms with van der Waals surface area (Å²) in [6.07, 6.45) is 12.7. The van der Waals surface area contributed by atoms with Crippen LogP contribution >= 0.6 is 0 Å². The van der Waals surface area contributed by atoms with Crippen LogP contribution in [0.2, 0.25) is 0 Å². The van der Waals surface area contributed by atoms with Gasteiger partial charge in [-0.3, -0.25) is 0 Å². The zero-order chi connectivity index (χ0) is 11.9. The highest BCUT2D eigenvalue weighted by Crippen LogP contribution is 2.39. The Bertz CT molecular complexity index is 172. The van der Waals surface area contributed by atoms with Crippen molar-refractivity contribution in [3.05, 3.63) is 0 Å². The molecule has 1 fully saturated rings. The summed E-state index contributed by atoms with van der Waals surface area (Å²) in [5.74, 6) is 0. The van der Waals surface area contributed by atoms with E-state index in [-0.39, 0.29) is 0 Å². The molecule has 0 aromatic carbocycles. The van der Waals surface area contributed by atoms with Crippen LogP contribution in [0.25, 0.3) is 0 Å². The predicted octanol–water partition coefficient (Wildman–Crippen LogP) is 4.52. The quantitative estimate of drug-likeness (QED) is 0.569. The van der Waals surface area contributed by atoms with Gasteiger partial charge in [0, 0.05) is 12.6 Å². The normalized spacial score (nSPS) is 20.4. The van der Waals surface area contributed by atoms with Crippen molar-refractivity contribution in [1.29, 1.82) is 0 Å². The van der Waals surface area contributed by atoms with Crippen molar-refractivity contribution in [3.63, 3.8) is 0 Å². The largest absolute Gasteiger partial charge is 0.314 e. The summed E-state index contributed by atoms with van der Waals surface area (Å²) in [6, 6.07) is 0.721. The van der Waals surface area contributed by atoms with Crippen LogP contribution < -0.4 is 5.32 Å². The lowest BCUT2D eigenvalue weighted by atomic mass is 9.70. The lowest BCUT2D eigenvalue weighted by molar-refractivity contribution is 0.151. The SMILES string of the molecule is CCCCCCCC(C)NCC1(C)CCC1. The van der Waals surface area contributed by atoms with E-state index < -0.39 is 0 Å². The minimum Gasteiger partial charge on any atom is -0.314 e. The standard InChI is InChI=1S/C15H31N/c1-4-5-6-7-8-10-14(2)16-13-15(3)11-9-12-15/h14,16H,4-13H2,1-3H3. The zero-order valence-corrected chi connectivity index (χ0v) is 11.6. The molecule has 1 heteroatoms. The van der Waals surface area contributed by atoms with Gasteiger partial charge in [0.05, 0.1) is 0 Å². The van der Waals surface area contributed by atoms with Crippen LogP contribution in [0, 0.1) is 5.41 Å². The summed E-state index contributed by atoms with van der Waals surface area (Å²) >= 11 is 0. The molecule has 0 saturated heterocycles. The maximum Gasteiger partial charge on any atom is 0.00389 e. The summed E-state index contributed by atoms with van der Waals surface area (Å²) in [5, 5.41) is 3.72. The molecule has 0 heterocycles. The predicted molar refractivity (Wildman–Crippen MR) is 72.8 cm³/mol. The van der Waals surface area contributed by atoms with E-state index in [0.29, 0.717) is 5.41 Å². The van der Waals surface area contributed by atoms with Crippen LogP contribution in [-0.2, 0) is 0 Å². The number of nitrogens with one attached hydrogen (secondary N) is 1. The summed E-state index contributed by atoms with van der Waals surface area (Å²) in [7, 11) is 0. The third kappa shape index (κ3) is 5.34. The molecule has 0 aromatic heterocycles. The van der Waals surface area contributed by atoms with Crippen molar-refractivity contribution in [2.75, 3.05) is 6.54 Å². The molecule has 1 nitrogen and oxygen atoms in total. The molecule has 0 bridgehead atoms. The van der Waals surface area contributed by atoms with Crippen LogP contribution in [-0.4, -0.2) is 12.6 Å². The van der Waals surface area contributed by atoms with Crippen molar-refractivity contribution < 1.29 is 0 Å². The first-order valence-electron chi connectivity index (χ1n) is 7.40. The first-order valence-corrected chi connectivity index (χ1v) is 7.40. The highest BCUT2D eigenvalue weighted by atomic mass is 14.9. The molecular formula is C15H31N. The Kier molecular flexibility index (Phi) is 6.41. The van der Waals surface area contributed by atoms with Gasteiger partial charge >= 0.3 is 0 Å². The molecule has 16 heavy (non-hydrogen) atoms. The first kappa shape index (κ1) is 14.0. The van der Waals surface area contributed by atoms with Gasteiger partial charge in [-0.25, -0.2) is 0 Å². The molecule has 1 saturated carbocycles. The van der Waals surface area contributed by atoms with Crippen molar-refractivity contribution >= 4 is 0 Å². The Hall–Kier alpha value is -0.0400. The minimum atomic E-state index is 0.635. The van der Waals surface area contributed by atoms with Gasteiger partial charge in [0.25, 0.3) is 0 Å². The van der Waals surface area contributed by atoms with Crippen molar-refractivity contribution in [2.45, 2.75) is 84.6 Å². The molecular weight excluding hydrogens is 194 g/mol. The molecule has 0 aromatic rings. The fourth-order valence-corrected chi connectivity index (χ4v) is 2.53. The van der Waals surface area contributed by atoms with Gasteiger partial charge < -0.3 is 5.32 Å². The number of hydrogen-bond donors (Lipinski definition) is 1. The second-order valence-corrected chi connectivity index (χ2v) is 6.15. The summed E-state index contributed by atoms with van der Waals surface area (Å²) < 4.78 is 0. The van der Waals surface area contributed by atoms with Gasteiger partial charge in [-0.2, -0.15) is 0 Å². The number of hydrogen-bond acceptors (Lipinski definition) is 1. The van der Waals surface area contributed by atoms with Crippen LogP contribution in [0.4, 0.5) is 0 Å². The molecule has 96 valence electrons. The number of rotatable bonds is 9. The molecule has 0 radical (unpaired) electrons. The van der Waals surface area contributed by atoms with E-state index in [1.807, 2.05) is 0 Å². The lowest BCUT2D eigenvalue weighted by Crippen LogP contribution is -2.40. The molecule has 0 aliphatic heterocycles. The van der Waals surface area contributed by atoms with E-state index >= 15 is 0 Å². The molecule has 1 aliphatic carbocycles. The smallest absolute Gasteiger partial charge is 0.00389 e. The topological polar surface area (TPSA) is 12.0 Å². The molecule has 1 atom stereocenters. The second-order valence-electron chi connectivity index (χ2n) is 6.15. The monoisotopic (exact) mass is 225 g/mol. The Morgan fingerprint density at radius 3 is 2.38 bits per heavy atom. The Morgan fingerprint density at radius 2 is 1.81 bits per heavy atom. The number of unbranched alkanes of at least 4 members (excludes halogenated alkanes) is 4. The third-order valence-electron chi connectivity index (χ3n) is 4.18. The van der Waals surface area contributed by atoms with Gasteiger partial charge in [0.1, 0.15) is 0 Å². The maximum atomic E-state index is 3.72. The summed E-state index contributed by atoms with van der Waals surface area (Å²) in [4.78, 5) is 0. The Balaban J connectivity index is 1.92. The molecule has 0 spiro atoms. The van der Waals surface area contributed by atoms with Crippen molar-refractivity contribution in [1.82, 2.24) is 5.32 Å². The summed E-state index contributed by atoms with van der Waals surface area (Å²) in [6.45, 7) is 8.30. The van der Waals surface area contributed by atoms with E-state index in [1.165, 1.54) is 64.3 Å². The molecule has 1 aliphatic rings. The van der Waals surface area contributed by atoms with E-state index in [1.54, 1.807) is 0 Å². The van der Waals surface area contributed by atoms with Crippen LogP contribution in [0.3, 0.4) is 0 Å². The van der Waals surface area contributed by atoms with Crippen molar-refractivity contribution in [3.8, 4) is 0 Å². The molecule has 1 N–H and O–H groups in total. The fraction of sp³-hybridized carbons (Fsp3) is 1.00. The fourth-order valence-electron chi connectivity index (χ4n) is 2.53. The zero-order valence-electron chi connectivity index (χ0n) is 11.6. The van der Waals surface area contributed by atoms with Crippen LogP contribution in [0.5, 0.6) is 0 Å². The van der Waals surface area contributed by atoms with Crippen molar-refractivity contribution in [2.24, 2.45) is 5.41 Å². The molecule has 0 amide bonds. The van der Waals surface area contributed by atoms with E-state index in [9.17, 15) is 0 Å². The van der Waals surface area contributed by atoms with Gasteiger partial charge in [-0.15, -0.1) is 0 Å². The lowest BCUT2D eigenvalue weighted by Gasteiger charge is -2.39. The second kappa shape index (κ2) is 7.32. The van der Waals surface area contributed by atoms with Gasteiger partial charge in [0.2, 0.25) is 0 Å². The molecule has 1 rings (SSSR count). The van der Waals surface area contributed by atoms with E-state index in [4.69, 9.17) is 0 Å². The van der Waals surface area contributed by atoms with Crippen LogP contribution in [0.1, 0.15) is 78.6 Å². The summed E-state index contributed by atoms with van der Waals surface area (Å²) in [5.41, 5.74) is 0.635. The molecule has 1 unspecified atom stereocenters. The minimum absolute atomic E-state index is 0.635. The Labute approximate surface area is 102 Å².